The van der Waals surface area contributed by atoms with E-state index in [1.54, 1.807) is 6.07 Å². The molecular formula is C20H24N4O3S. The Morgan fingerprint density at radius 3 is 2.61 bits per heavy atom. The van der Waals surface area contributed by atoms with Gasteiger partial charge in [-0.05, 0) is 30.5 Å². The summed E-state index contributed by atoms with van der Waals surface area (Å²) >= 11 is 1.38. The van der Waals surface area contributed by atoms with Crippen LogP contribution < -0.4 is 16.4 Å². The van der Waals surface area contributed by atoms with Crippen molar-refractivity contribution in [2.45, 2.75) is 31.0 Å². The van der Waals surface area contributed by atoms with Crippen molar-refractivity contribution in [2.75, 3.05) is 13.6 Å². The molecule has 1 aliphatic heterocycles. The number of carbonyl (C=O) groups is 3. The Balaban J connectivity index is 1.58. The minimum atomic E-state index is -0.775. The predicted molar refractivity (Wildman–Crippen MR) is 108 cm³/mol. The van der Waals surface area contributed by atoms with E-state index in [1.807, 2.05) is 53.7 Å². The lowest BCUT2D eigenvalue weighted by Crippen LogP contribution is -2.51. The monoisotopic (exact) mass is 400 g/mol. The summed E-state index contributed by atoms with van der Waals surface area (Å²) in [6.45, 7) is 0.565. The molecule has 2 aromatic rings. The molecule has 1 aromatic carbocycles. The smallest absolute Gasteiger partial charge is 0.261 e. The van der Waals surface area contributed by atoms with E-state index in [0.717, 1.165) is 5.56 Å². The number of nitrogens with zero attached hydrogens (tertiary/aromatic N) is 1. The van der Waals surface area contributed by atoms with E-state index < -0.39 is 18.0 Å². The van der Waals surface area contributed by atoms with Gasteiger partial charge in [0.2, 0.25) is 11.8 Å². The van der Waals surface area contributed by atoms with Crippen LogP contribution in [-0.4, -0.2) is 54.3 Å². The third-order valence-electron chi connectivity index (χ3n) is 4.87. The summed E-state index contributed by atoms with van der Waals surface area (Å²) in [5, 5.41) is 7.59. The number of thiophene rings is 1. The van der Waals surface area contributed by atoms with Crippen LogP contribution >= 0.6 is 11.3 Å². The zero-order valence-corrected chi connectivity index (χ0v) is 16.4. The molecule has 3 rings (SSSR count). The van der Waals surface area contributed by atoms with E-state index in [0.29, 0.717) is 24.3 Å². The number of carbonyl (C=O) groups excluding carboxylic acids is 3. The molecule has 0 bridgehead atoms. The van der Waals surface area contributed by atoms with E-state index in [9.17, 15) is 14.4 Å². The molecular weight excluding hydrogens is 376 g/mol. The molecule has 8 heteroatoms. The minimum absolute atomic E-state index is 0.128. The van der Waals surface area contributed by atoms with Crippen molar-refractivity contribution in [2.24, 2.45) is 5.73 Å². The topological polar surface area (TPSA) is 105 Å². The van der Waals surface area contributed by atoms with Gasteiger partial charge in [-0.2, -0.15) is 0 Å². The van der Waals surface area contributed by atoms with Crippen molar-refractivity contribution in [1.82, 2.24) is 15.5 Å². The lowest BCUT2D eigenvalue weighted by Gasteiger charge is -2.22. The van der Waals surface area contributed by atoms with E-state index in [1.165, 1.54) is 11.3 Å². The van der Waals surface area contributed by atoms with Crippen molar-refractivity contribution < 1.29 is 14.4 Å². The fraction of sp³-hybridized carbons (Fsp3) is 0.350. The summed E-state index contributed by atoms with van der Waals surface area (Å²) in [5.74, 6) is -0.955. The zero-order valence-electron chi connectivity index (χ0n) is 15.6. The first-order valence-corrected chi connectivity index (χ1v) is 10.00. The highest BCUT2D eigenvalue weighted by Gasteiger charge is 2.36. The van der Waals surface area contributed by atoms with Gasteiger partial charge in [0.05, 0.1) is 10.9 Å². The van der Waals surface area contributed by atoms with Crippen LogP contribution in [0.4, 0.5) is 0 Å². The van der Waals surface area contributed by atoms with Crippen molar-refractivity contribution in [1.29, 1.82) is 0 Å². The number of rotatable bonds is 7. The fourth-order valence-electron chi connectivity index (χ4n) is 3.42. The first kappa shape index (κ1) is 20.0. The average Bonchev–Trinajstić information content (AvgIpc) is 3.32. The third kappa shape index (κ3) is 4.96. The molecule has 2 heterocycles. The lowest BCUT2D eigenvalue weighted by atomic mass is 10.0. The molecule has 3 atom stereocenters. The second kappa shape index (κ2) is 8.99. The quantitative estimate of drug-likeness (QED) is 0.638. The lowest BCUT2D eigenvalue weighted by molar-refractivity contribution is -0.129. The molecule has 1 fully saturated rings. The van der Waals surface area contributed by atoms with Gasteiger partial charge >= 0.3 is 0 Å². The van der Waals surface area contributed by atoms with Crippen LogP contribution in [0.1, 0.15) is 21.7 Å². The van der Waals surface area contributed by atoms with Gasteiger partial charge in [-0.3, -0.25) is 19.3 Å². The van der Waals surface area contributed by atoms with E-state index in [4.69, 9.17) is 5.73 Å². The number of likely N-dealkylation sites (N-methyl/N-ethyl adjacent to an activating group) is 1. The van der Waals surface area contributed by atoms with Crippen molar-refractivity contribution in [3.8, 4) is 0 Å². The van der Waals surface area contributed by atoms with Crippen molar-refractivity contribution in [3.63, 3.8) is 0 Å². The predicted octanol–water partition coefficient (Wildman–Crippen LogP) is 0.763. The minimum Gasteiger partial charge on any atom is -0.368 e. The molecule has 0 spiro atoms. The number of primary amides is 1. The van der Waals surface area contributed by atoms with E-state index in [2.05, 4.69) is 10.6 Å². The van der Waals surface area contributed by atoms with Crippen LogP contribution in [0.2, 0.25) is 0 Å². The van der Waals surface area contributed by atoms with Crippen LogP contribution in [0.3, 0.4) is 0 Å². The first-order valence-electron chi connectivity index (χ1n) is 9.12. The Morgan fingerprint density at radius 2 is 1.96 bits per heavy atom. The molecule has 7 nitrogen and oxygen atoms in total. The van der Waals surface area contributed by atoms with Gasteiger partial charge in [0.15, 0.2) is 0 Å². The summed E-state index contributed by atoms with van der Waals surface area (Å²) in [5.41, 5.74) is 6.41. The zero-order chi connectivity index (χ0) is 20.1. The first-order chi connectivity index (χ1) is 13.4. The maximum Gasteiger partial charge on any atom is 0.261 e. The largest absolute Gasteiger partial charge is 0.368 e. The molecule has 1 saturated heterocycles. The number of hydrogen-bond acceptors (Lipinski definition) is 5. The van der Waals surface area contributed by atoms with E-state index in [-0.39, 0.29) is 17.9 Å². The Morgan fingerprint density at radius 1 is 1.21 bits per heavy atom. The number of benzene rings is 1. The number of nitrogens with two attached hydrogens (primary N) is 1. The molecule has 0 aliphatic carbocycles. The maximum atomic E-state index is 12.7. The molecule has 0 unspecified atom stereocenters. The molecule has 0 radical (unpaired) electrons. The number of likely N-dealkylation sites (tertiary alicyclic amines) is 1. The van der Waals surface area contributed by atoms with Crippen LogP contribution in [-0.2, 0) is 16.0 Å². The fourth-order valence-corrected chi connectivity index (χ4v) is 4.04. The second-order valence-corrected chi connectivity index (χ2v) is 7.94. The molecule has 28 heavy (non-hydrogen) atoms. The summed E-state index contributed by atoms with van der Waals surface area (Å²) in [4.78, 5) is 39.3. The van der Waals surface area contributed by atoms with Crippen LogP contribution in [0, 0.1) is 0 Å². The summed E-state index contributed by atoms with van der Waals surface area (Å²) < 4.78 is 0. The standard InChI is InChI=1S/C20H24N4O3S/c1-24-12-14(22-20(27)17-8-5-9-28-17)11-16(24)19(26)23-15(18(21)25)10-13-6-3-2-4-7-13/h2-9,14-16H,10-12H2,1H3,(H2,21,25)(H,22,27)(H,23,26)/t14-,15-,16-/m0/s1. The van der Waals surface area contributed by atoms with Crippen LogP contribution in [0.25, 0.3) is 0 Å². The third-order valence-corrected chi connectivity index (χ3v) is 5.74. The maximum absolute atomic E-state index is 12.7. The summed E-state index contributed by atoms with van der Waals surface area (Å²) in [6.07, 6.45) is 0.827. The van der Waals surface area contributed by atoms with Gasteiger partial charge < -0.3 is 16.4 Å². The molecule has 4 N–H and O–H groups in total. The molecule has 3 amide bonds. The van der Waals surface area contributed by atoms with Gasteiger partial charge in [0.25, 0.3) is 5.91 Å². The van der Waals surface area contributed by atoms with Crippen molar-refractivity contribution in [3.05, 3.63) is 58.3 Å². The van der Waals surface area contributed by atoms with Crippen LogP contribution in [0.5, 0.6) is 0 Å². The number of amides is 3. The number of hydrogen-bond donors (Lipinski definition) is 3. The van der Waals surface area contributed by atoms with Gasteiger partial charge in [0, 0.05) is 19.0 Å². The highest BCUT2D eigenvalue weighted by molar-refractivity contribution is 7.12. The van der Waals surface area contributed by atoms with Gasteiger partial charge in [-0.1, -0.05) is 36.4 Å². The second-order valence-electron chi connectivity index (χ2n) is 6.99. The number of nitrogens with one attached hydrogen (secondary N) is 2. The highest BCUT2D eigenvalue weighted by atomic mass is 32.1. The average molecular weight is 401 g/mol. The highest BCUT2D eigenvalue weighted by Crippen LogP contribution is 2.18. The van der Waals surface area contributed by atoms with Crippen LogP contribution in [0.15, 0.2) is 47.8 Å². The van der Waals surface area contributed by atoms with Gasteiger partial charge in [0.1, 0.15) is 6.04 Å². The Kier molecular flexibility index (Phi) is 6.43. The summed E-state index contributed by atoms with van der Waals surface area (Å²) in [6, 6.07) is 11.7. The molecule has 0 saturated carbocycles. The van der Waals surface area contributed by atoms with Gasteiger partial charge in [-0.15, -0.1) is 11.3 Å². The molecule has 1 aliphatic rings. The molecule has 148 valence electrons. The normalized spacial score (nSPS) is 20.5. The summed E-state index contributed by atoms with van der Waals surface area (Å²) in [7, 11) is 1.83. The Labute approximate surface area is 167 Å². The molecule has 1 aromatic heterocycles. The van der Waals surface area contributed by atoms with Gasteiger partial charge in [-0.25, -0.2) is 0 Å². The SMILES string of the molecule is CN1C[C@@H](NC(=O)c2cccs2)C[C@H]1C(=O)N[C@@H](Cc1ccccc1)C(N)=O. The van der Waals surface area contributed by atoms with E-state index >= 15 is 0 Å². The van der Waals surface area contributed by atoms with Crippen molar-refractivity contribution >= 4 is 29.1 Å². The Bertz CT molecular complexity index is 825. The Hall–Kier alpha value is -2.71.